The van der Waals surface area contributed by atoms with Crippen LogP contribution in [0.1, 0.15) is 24.5 Å². The summed E-state index contributed by atoms with van der Waals surface area (Å²) in [4.78, 5) is 25.9. The zero-order chi connectivity index (χ0) is 18.6. The first-order valence-corrected chi connectivity index (χ1v) is 8.64. The van der Waals surface area contributed by atoms with Crippen LogP contribution in [-0.4, -0.2) is 18.4 Å². The van der Waals surface area contributed by atoms with Crippen molar-refractivity contribution in [3.63, 3.8) is 0 Å². The quantitative estimate of drug-likeness (QED) is 0.796. The number of nitrogens with one attached hydrogen (secondary N) is 1. The molecule has 2 aromatic carbocycles. The Morgan fingerprint density at radius 3 is 2.44 bits per heavy atom. The second-order valence-electron chi connectivity index (χ2n) is 5.88. The minimum atomic E-state index is -0.222. The Balaban J connectivity index is 2.07. The van der Waals surface area contributed by atoms with E-state index < -0.39 is 0 Å². The van der Waals surface area contributed by atoms with Gasteiger partial charge in [0.25, 0.3) is 0 Å². The van der Waals surface area contributed by atoms with Crippen molar-refractivity contribution >= 4 is 46.4 Å². The average molecular weight is 379 g/mol. The topological polar surface area (TPSA) is 49.4 Å². The zero-order valence-corrected chi connectivity index (χ0v) is 15.9. The molecule has 132 valence electrons. The summed E-state index contributed by atoms with van der Waals surface area (Å²) >= 11 is 11.9. The third-order valence-electron chi connectivity index (χ3n) is 3.80. The number of benzene rings is 2. The molecule has 0 fully saturated rings. The van der Waals surface area contributed by atoms with E-state index in [1.165, 1.54) is 6.92 Å². The lowest BCUT2D eigenvalue weighted by Gasteiger charge is -2.23. The second-order valence-corrected chi connectivity index (χ2v) is 6.73. The third kappa shape index (κ3) is 5.21. The largest absolute Gasteiger partial charge is 0.325 e. The fourth-order valence-electron chi connectivity index (χ4n) is 2.47. The van der Waals surface area contributed by atoms with Crippen molar-refractivity contribution in [1.82, 2.24) is 0 Å². The summed E-state index contributed by atoms with van der Waals surface area (Å²) in [6.07, 6.45) is 0.159. The molecule has 6 heteroatoms. The van der Waals surface area contributed by atoms with Crippen LogP contribution in [0.4, 0.5) is 11.4 Å². The van der Waals surface area contributed by atoms with Crippen LogP contribution >= 0.6 is 23.2 Å². The molecule has 0 unspecified atom stereocenters. The van der Waals surface area contributed by atoms with Crippen LogP contribution < -0.4 is 10.2 Å². The summed E-state index contributed by atoms with van der Waals surface area (Å²) in [6, 6.07) is 10.8. The highest BCUT2D eigenvalue weighted by molar-refractivity contribution is 6.36. The number of hydrogen-bond donors (Lipinski definition) is 1. The van der Waals surface area contributed by atoms with Crippen LogP contribution in [-0.2, 0) is 9.59 Å². The van der Waals surface area contributed by atoms with E-state index in [1.54, 1.807) is 23.1 Å². The zero-order valence-electron chi connectivity index (χ0n) is 14.4. The van der Waals surface area contributed by atoms with Crippen LogP contribution in [0.25, 0.3) is 0 Å². The van der Waals surface area contributed by atoms with Gasteiger partial charge in [0.1, 0.15) is 0 Å². The number of aryl methyl sites for hydroxylation is 2. The number of carbonyl (C=O) groups is 2. The molecule has 0 aliphatic rings. The first-order valence-electron chi connectivity index (χ1n) is 7.88. The highest BCUT2D eigenvalue weighted by atomic mass is 35.5. The minimum absolute atomic E-state index is 0.106. The molecule has 2 rings (SSSR count). The molecule has 25 heavy (non-hydrogen) atoms. The van der Waals surface area contributed by atoms with Crippen LogP contribution in [0.15, 0.2) is 36.4 Å². The predicted octanol–water partition coefficient (Wildman–Crippen LogP) is 4.99. The molecule has 0 saturated heterocycles. The van der Waals surface area contributed by atoms with Gasteiger partial charge in [-0.15, -0.1) is 0 Å². The van der Waals surface area contributed by atoms with Gasteiger partial charge in [0, 0.05) is 30.6 Å². The average Bonchev–Trinajstić information content (AvgIpc) is 2.53. The highest BCUT2D eigenvalue weighted by Gasteiger charge is 2.16. The Morgan fingerprint density at radius 1 is 1.08 bits per heavy atom. The Morgan fingerprint density at radius 2 is 1.80 bits per heavy atom. The molecule has 0 radical (unpaired) electrons. The molecule has 0 atom stereocenters. The van der Waals surface area contributed by atoms with Crippen molar-refractivity contribution in [2.45, 2.75) is 27.2 Å². The first-order chi connectivity index (χ1) is 11.8. The normalized spacial score (nSPS) is 10.4. The van der Waals surface area contributed by atoms with E-state index in [2.05, 4.69) is 5.32 Å². The van der Waals surface area contributed by atoms with Crippen molar-refractivity contribution in [1.29, 1.82) is 0 Å². The maximum atomic E-state index is 12.2. The van der Waals surface area contributed by atoms with Gasteiger partial charge in [0.2, 0.25) is 11.8 Å². The summed E-state index contributed by atoms with van der Waals surface area (Å²) in [5.74, 6) is -0.327. The summed E-state index contributed by atoms with van der Waals surface area (Å²) < 4.78 is 0. The summed E-state index contributed by atoms with van der Waals surface area (Å²) in [6.45, 7) is 5.70. The van der Waals surface area contributed by atoms with E-state index in [0.717, 1.165) is 16.8 Å². The monoisotopic (exact) mass is 378 g/mol. The lowest BCUT2D eigenvalue weighted by molar-refractivity contribution is -0.117. The summed E-state index contributed by atoms with van der Waals surface area (Å²) in [5, 5.41) is 3.62. The van der Waals surface area contributed by atoms with Crippen molar-refractivity contribution in [3.8, 4) is 0 Å². The number of hydrogen-bond acceptors (Lipinski definition) is 2. The fourth-order valence-corrected chi connectivity index (χ4v) is 2.93. The highest BCUT2D eigenvalue weighted by Crippen LogP contribution is 2.26. The summed E-state index contributed by atoms with van der Waals surface area (Å²) in [7, 11) is 0. The maximum Gasteiger partial charge on any atom is 0.226 e. The van der Waals surface area contributed by atoms with Crippen LogP contribution in [0.3, 0.4) is 0 Å². The number of rotatable bonds is 5. The van der Waals surface area contributed by atoms with Gasteiger partial charge in [-0.3, -0.25) is 9.59 Å². The molecule has 1 N–H and O–H groups in total. The van der Waals surface area contributed by atoms with E-state index in [-0.39, 0.29) is 24.8 Å². The fraction of sp³-hybridized carbons (Fsp3) is 0.263. The maximum absolute atomic E-state index is 12.2. The van der Waals surface area contributed by atoms with E-state index in [1.807, 2.05) is 32.0 Å². The molecular formula is C19H20Cl2N2O2. The van der Waals surface area contributed by atoms with Gasteiger partial charge in [-0.25, -0.2) is 0 Å². The molecular weight excluding hydrogens is 359 g/mol. The standard InChI is InChI=1S/C19H20Cl2N2O2/c1-12-4-5-13(2)18(10-12)23(14(3)24)9-8-19(25)22-17-7-6-15(20)11-16(17)21/h4-7,10-11H,8-9H2,1-3H3,(H,22,25). The van der Waals surface area contributed by atoms with E-state index in [4.69, 9.17) is 23.2 Å². The Bertz CT molecular complexity index is 806. The Kier molecular flexibility index (Phi) is 6.45. The Hall–Kier alpha value is -2.04. The lowest BCUT2D eigenvalue weighted by atomic mass is 10.1. The second kappa shape index (κ2) is 8.37. The molecule has 0 heterocycles. The number of amides is 2. The van der Waals surface area contributed by atoms with Gasteiger partial charge in [0.05, 0.1) is 10.7 Å². The van der Waals surface area contributed by atoms with Gasteiger partial charge >= 0.3 is 0 Å². The molecule has 0 aromatic heterocycles. The molecule has 0 bridgehead atoms. The smallest absolute Gasteiger partial charge is 0.226 e. The molecule has 0 spiro atoms. The molecule has 4 nitrogen and oxygen atoms in total. The van der Waals surface area contributed by atoms with E-state index in [0.29, 0.717) is 15.7 Å². The van der Waals surface area contributed by atoms with Crippen molar-refractivity contribution < 1.29 is 9.59 Å². The van der Waals surface area contributed by atoms with Crippen molar-refractivity contribution in [2.75, 3.05) is 16.8 Å². The van der Waals surface area contributed by atoms with Crippen molar-refractivity contribution in [2.24, 2.45) is 0 Å². The predicted molar refractivity (Wildman–Crippen MR) is 104 cm³/mol. The van der Waals surface area contributed by atoms with Crippen LogP contribution in [0.2, 0.25) is 10.0 Å². The van der Waals surface area contributed by atoms with Crippen molar-refractivity contribution in [3.05, 3.63) is 57.6 Å². The van der Waals surface area contributed by atoms with E-state index in [9.17, 15) is 9.59 Å². The lowest BCUT2D eigenvalue weighted by Crippen LogP contribution is -2.32. The molecule has 2 aromatic rings. The third-order valence-corrected chi connectivity index (χ3v) is 4.35. The number of halogens is 2. The first kappa shape index (κ1) is 19.3. The number of nitrogens with zero attached hydrogens (tertiary/aromatic N) is 1. The van der Waals surface area contributed by atoms with Gasteiger partial charge in [-0.1, -0.05) is 35.3 Å². The number of anilines is 2. The SMILES string of the molecule is CC(=O)N(CCC(=O)Nc1ccc(Cl)cc1Cl)c1cc(C)ccc1C. The molecule has 0 aliphatic heterocycles. The molecule has 0 aliphatic carbocycles. The molecule has 2 amide bonds. The van der Waals surface area contributed by atoms with Crippen LogP contribution in [0.5, 0.6) is 0 Å². The summed E-state index contributed by atoms with van der Waals surface area (Å²) in [5.41, 5.74) is 3.37. The van der Waals surface area contributed by atoms with E-state index >= 15 is 0 Å². The van der Waals surface area contributed by atoms with Gasteiger partial charge in [0.15, 0.2) is 0 Å². The molecule has 0 saturated carbocycles. The van der Waals surface area contributed by atoms with Gasteiger partial charge in [-0.05, 0) is 49.2 Å². The Labute approximate surface area is 157 Å². The number of carbonyl (C=O) groups excluding carboxylic acids is 2. The van der Waals surface area contributed by atoms with Gasteiger partial charge in [-0.2, -0.15) is 0 Å². The van der Waals surface area contributed by atoms with Crippen LogP contribution in [0, 0.1) is 13.8 Å². The van der Waals surface area contributed by atoms with Gasteiger partial charge < -0.3 is 10.2 Å². The minimum Gasteiger partial charge on any atom is -0.325 e.